The van der Waals surface area contributed by atoms with E-state index in [4.69, 9.17) is 4.42 Å². The molecule has 0 bridgehead atoms. The van der Waals surface area contributed by atoms with Gasteiger partial charge in [-0.05, 0) is 107 Å². The van der Waals surface area contributed by atoms with Crippen molar-refractivity contribution in [3.8, 4) is 33.4 Å². The molecule has 0 aliphatic carbocycles. The molecular weight excluding hydrogens is 653 g/mol. The first-order chi connectivity index (χ1) is 26.8. The molecule has 0 atom stereocenters. The highest BCUT2D eigenvalue weighted by atomic mass is 16.3. The molecule has 0 saturated heterocycles. The van der Waals surface area contributed by atoms with Crippen molar-refractivity contribution in [2.45, 2.75) is 6.42 Å². The molecule has 0 N–H and O–H groups in total. The molecule has 0 saturated carbocycles. The smallest absolute Gasteiger partial charge is 0.143 e. The zero-order chi connectivity index (χ0) is 35.6. The minimum absolute atomic E-state index is 0.830. The Balaban J connectivity index is 1.18. The largest absolute Gasteiger partial charge is 0.455 e. The minimum Gasteiger partial charge on any atom is -0.455 e. The van der Waals surface area contributed by atoms with Gasteiger partial charge in [-0.1, -0.05) is 176 Å². The Morgan fingerprint density at radius 3 is 1.61 bits per heavy atom. The molecule has 11 aromatic rings. The molecule has 0 unspecified atom stereocenters. The monoisotopic (exact) mass is 686 g/mol. The summed E-state index contributed by atoms with van der Waals surface area (Å²) in [5.41, 5.74) is 11.7. The summed E-state index contributed by atoms with van der Waals surface area (Å²) in [7, 11) is 0. The van der Waals surface area contributed by atoms with Crippen molar-refractivity contribution in [1.82, 2.24) is 0 Å². The normalized spacial score (nSPS) is 11.8. The fourth-order valence-corrected chi connectivity index (χ4v) is 8.93. The van der Waals surface area contributed by atoms with E-state index in [1.807, 2.05) is 6.07 Å². The van der Waals surface area contributed by atoms with Crippen LogP contribution in [0, 0.1) is 0 Å². The SMILES string of the molecule is c1ccc(-c2cc(-c3c4ccccc4c(-c4ccccc4Cc4cc5ccccc5c5ccccc45)c4ccccc34)cc3c2oc2ccccc23)cc1. The Labute approximate surface area is 313 Å². The highest BCUT2D eigenvalue weighted by Crippen LogP contribution is 2.47. The van der Waals surface area contributed by atoms with E-state index in [2.05, 4.69) is 188 Å². The molecule has 0 amide bonds. The van der Waals surface area contributed by atoms with Crippen LogP contribution in [0.15, 0.2) is 199 Å². The maximum absolute atomic E-state index is 6.59. The third-order valence-corrected chi connectivity index (χ3v) is 11.3. The van der Waals surface area contributed by atoms with E-state index in [0.29, 0.717) is 0 Å². The van der Waals surface area contributed by atoms with Gasteiger partial charge in [0, 0.05) is 16.3 Å². The van der Waals surface area contributed by atoms with Crippen LogP contribution in [-0.4, -0.2) is 0 Å². The molecule has 11 rings (SSSR count). The van der Waals surface area contributed by atoms with E-state index < -0.39 is 0 Å². The number of para-hydroxylation sites is 1. The molecule has 10 aromatic carbocycles. The van der Waals surface area contributed by atoms with Gasteiger partial charge < -0.3 is 4.42 Å². The molecule has 0 fully saturated rings. The predicted molar refractivity (Wildman–Crippen MR) is 229 cm³/mol. The Morgan fingerprint density at radius 2 is 0.870 bits per heavy atom. The van der Waals surface area contributed by atoms with E-state index in [9.17, 15) is 0 Å². The summed E-state index contributed by atoms with van der Waals surface area (Å²) in [6, 6.07) is 70.8. The number of furan rings is 1. The molecule has 0 aliphatic heterocycles. The van der Waals surface area contributed by atoms with E-state index in [0.717, 1.165) is 39.5 Å². The average Bonchev–Trinajstić information content (AvgIpc) is 3.62. The van der Waals surface area contributed by atoms with Gasteiger partial charge in [-0.25, -0.2) is 0 Å². The molecule has 1 heterocycles. The molecule has 0 radical (unpaired) electrons. The van der Waals surface area contributed by atoms with E-state index in [1.165, 1.54) is 76.5 Å². The Kier molecular flexibility index (Phi) is 7.00. The molecular formula is C53H34O. The van der Waals surface area contributed by atoms with Gasteiger partial charge in [-0.2, -0.15) is 0 Å². The van der Waals surface area contributed by atoms with Gasteiger partial charge in [0.1, 0.15) is 11.2 Å². The van der Waals surface area contributed by atoms with Crippen molar-refractivity contribution in [3.05, 3.63) is 205 Å². The van der Waals surface area contributed by atoms with Crippen LogP contribution in [0.1, 0.15) is 11.1 Å². The van der Waals surface area contributed by atoms with Gasteiger partial charge in [0.05, 0.1) is 0 Å². The summed E-state index contributed by atoms with van der Waals surface area (Å²) in [5.74, 6) is 0. The molecule has 1 aromatic heterocycles. The molecule has 1 heteroatoms. The molecule has 1 nitrogen and oxygen atoms in total. The lowest BCUT2D eigenvalue weighted by molar-refractivity contribution is 0.670. The van der Waals surface area contributed by atoms with Crippen LogP contribution < -0.4 is 0 Å². The Bertz CT molecular complexity index is 3180. The Morgan fingerprint density at radius 1 is 0.315 bits per heavy atom. The van der Waals surface area contributed by atoms with Crippen LogP contribution in [0.2, 0.25) is 0 Å². The first kappa shape index (κ1) is 30.6. The lowest BCUT2D eigenvalue weighted by Crippen LogP contribution is -1.97. The highest BCUT2D eigenvalue weighted by molar-refractivity contribution is 6.23. The summed E-state index contributed by atoms with van der Waals surface area (Å²) < 4.78 is 6.59. The lowest BCUT2D eigenvalue weighted by atomic mass is 9.83. The van der Waals surface area contributed by atoms with Crippen molar-refractivity contribution in [2.75, 3.05) is 0 Å². The van der Waals surface area contributed by atoms with Crippen molar-refractivity contribution in [1.29, 1.82) is 0 Å². The van der Waals surface area contributed by atoms with E-state index in [-0.39, 0.29) is 0 Å². The maximum atomic E-state index is 6.59. The van der Waals surface area contributed by atoms with Crippen LogP contribution in [0.25, 0.3) is 98.4 Å². The first-order valence-electron chi connectivity index (χ1n) is 18.7. The van der Waals surface area contributed by atoms with Crippen molar-refractivity contribution < 1.29 is 4.42 Å². The summed E-state index contributed by atoms with van der Waals surface area (Å²) >= 11 is 0. The molecule has 0 spiro atoms. The standard InChI is InChI=1S/C53H34O/c1-2-16-34(17-3-1)48-32-38(33-49-43-24-14-15-29-50(43)54-53(48)49)51-44-25-10-12-27-46(44)52(47-28-13-11-26-45(47)51)41-22-7-5-19-36(41)31-37-30-35-18-4-6-20-39(35)42-23-9-8-21-40(37)42/h1-30,32-33H,31H2. The average molecular weight is 687 g/mol. The number of benzene rings is 10. The molecule has 54 heavy (non-hydrogen) atoms. The molecule has 252 valence electrons. The summed E-state index contributed by atoms with van der Waals surface area (Å²) in [5, 5.41) is 12.4. The van der Waals surface area contributed by atoms with Gasteiger partial charge in [-0.3, -0.25) is 0 Å². The van der Waals surface area contributed by atoms with Crippen LogP contribution in [0.3, 0.4) is 0 Å². The number of hydrogen-bond donors (Lipinski definition) is 0. The lowest BCUT2D eigenvalue weighted by Gasteiger charge is -2.20. The van der Waals surface area contributed by atoms with Gasteiger partial charge in [0.15, 0.2) is 0 Å². The Hall–Kier alpha value is -6.96. The van der Waals surface area contributed by atoms with Gasteiger partial charge in [-0.15, -0.1) is 0 Å². The second-order valence-electron chi connectivity index (χ2n) is 14.3. The first-order valence-corrected chi connectivity index (χ1v) is 18.7. The van der Waals surface area contributed by atoms with Gasteiger partial charge in [0.2, 0.25) is 0 Å². The van der Waals surface area contributed by atoms with Crippen LogP contribution in [-0.2, 0) is 6.42 Å². The summed E-state index contributed by atoms with van der Waals surface area (Å²) in [6.07, 6.45) is 0.830. The third kappa shape index (κ3) is 4.79. The zero-order valence-corrected chi connectivity index (χ0v) is 29.6. The van der Waals surface area contributed by atoms with Crippen molar-refractivity contribution >= 4 is 65.0 Å². The quantitative estimate of drug-likeness (QED) is 0.130. The van der Waals surface area contributed by atoms with Gasteiger partial charge in [0.25, 0.3) is 0 Å². The van der Waals surface area contributed by atoms with E-state index >= 15 is 0 Å². The molecule has 0 aliphatic rings. The highest BCUT2D eigenvalue weighted by Gasteiger charge is 2.21. The second kappa shape index (κ2) is 12.3. The summed E-state index contributed by atoms with van der Waals surface area (Å²) in [6.45, 7) is 0. The fraction of sp³-hybridized carbons (Fsp3) is 0.0189. The van der Waals surface area contributed by atoms with Crippen LogP contribution in [0.4, 0.5) is 0 Å². The fourth-order valence-electron chi connectivity index (χ4n) is 8.93. The summed E-state index contributed by atoms with van der Waals surface area (Å²) in [4.78, 5) is 0. The minimum atomic E-state index is 0.830. The van der Waals surface area contributed by atoms with Gasteiger partial charge >= 0.3 is 0 Å². The van der Waals surface area contributed by atoms with Crippen LogP contribution >= 0.6 is 0 Å². The number of rotatable bonds is 5. The van der Waals surface area contributed by atoms with Crippen molar-refractivity contribution in [2.24, 2.45) is 0 Å². The predicted octanol–water partition coefficient (Wildman–Crippen LogP) is 14.8. The van der Waals surface area contributed by atoms with Crippen LogP contribution in [0.5, 0.6) is 0 Å². The maximum Gasteiger partial charge on any atom is 0.143 e. The number of hydrogen-bond acceptors (Lipinski definition) is 1. The van der Waals surface area contributed by atoms with E-state index in [1.54, 1.807) is 0 Å². The van der Waals surface area contributed by atoms with Crippen molar-refractivity contribution in [3.63, 3.8) is 0 Å². The topological polar surface area (TPSA) is 13.1 Å². The third-order valence-electron chi connectivity index (χ3n) is 11.3. The zero-order valence-electron chi connectivity index (χ0n) is 29.6. The number of fused-ring (bicyclic) bond motifs is 8. The second-order valence-corrected chi connectivity index (χ2v) is 14.3.